The zero-order valence-electron chi connectivity index (χ0n) is 11.7. The van der Waals surface area contributed by atoms with E-state index >= 15 is 0 Å². The SMILES string of the molecule is CCCC1CCC(NCCc2nncn2C)CC1. The molecule has 0 radical (unpaired) electrons. The van der Waals surface area contributed by atoms with Gasteiger partial charge in [-0.2, -0.15) is 0 Å². The van der Waals surface area contributed by atoms with Crippen molar-refractivity contribution in [1.82, 2.24) is 20.1 Å². The van der Waals surface area contributed by atoms with Crippen molar-refractivity contribution in [1.29, 1.82) is 0 Å². The van der Waals surface area contributed by atoms with Crippen LogP contribution < -0.4 is 5.32 Å². The summed E-state index contributed by atoms with van der Waals surface area (Å²) in [5.74, 6) is 2.06. The van der Waals surface area contributed by atoms with Crippen LogP contribution in [0.3, 0.4) is 0 Å². The molecule has 1 fully saturated rings. The number of rotatable bonds is 6. The molecule has 1 aromatic rings. The second-order valence-electron chi connectivity index (χ2n) is 5.57. The lowest BCUT2D eigenvalue weighted by Gasteiger charge is -2.29. The van der Waals surface area contributed by atoms with Crippen molar-refractivity contribution in [2.45, 2.75) is 57.9 Å². The van der Waals surface area contributed by atoms with Gasteiger partial charge in [-0.1, -0.05) is 19.8 Å². The first-order valence-electron chi connectivity index (χ1n) is 7.35. The molecule has 0 unspecified atom stereocenters. The minimum absolute atomic E-state index is 0.728. The molecule has 0 bridgehead atoms. The van der Waals surface area contributed by atoms with Crippen LogP contribution in [0, 0.1) is 5.92 Å². The summed E-state index contributed by atoms with van der Waals surface area (Å²) in [7, 11) is 2.01. The van der Waals surface area contributed by atoms with E-state index in [1.165, 1.54) is 38.5 Å². The lowest BCUT2D eigenvalue weighted by Crippen LogP contribution is -2.34. The summed E-state index contributed by atoms with van der Waals surface area (Å²) in [5, 5.41) is 11.7. The molecule has 102 valence electrons. The summed E-state index contributed by atoms with van der Waals surface area (Å²) >= 11 is 0. The van der Waals surface area contributed by atoms with Crippen molar-refractivity contribution in [3.8, 4) is 0 Å². The second-order valence-corrected chi connectivity index (χ2v) is 5.57. The molecule has 1 aromatic heterocycles. The van der Waals surface area contributed by atoms with Crippen LogP contribution in [0.5, 0.6) is 0 Å². The average Bonchev–Trinajstić information content (AvgIpc) is 2.78. The third-order valence-corrected chi connectivity index (χ3v) is 4.13. The average molecular weight is 250 g/mol. The maximum absolute atomic E-state index is 4.11. The Hall–Kier alpha value is -0.900. The smallest absolute Gasteiger partial charge is 0.133 e. The van der Waals surface area contributed by atoms with Gasteiger partial charge in [0.05, 0.1) is 0 Å². The second kappa shape index (κ2) is 6.88. The molecule has 1 N–H and O–H groups in total. The maximum atomic E-state index is 4.11. The predicted molar refractivity (Wildman–Crippen MR) is 73.4 cm³/mol. The molecule has 0 atom stereocenters. The fraction of sp³-hybridized carbons (Fsp3) is 0.857. The third kappa shape index (κ3) is 3.80. The Labute approximate surface area is 110 Å². The number of nitrogens with one attached hydrogen (secondary N) is 1. The first-order chi connectivity index (χ1) is 8.79. The molecule has 1 aliphatic rings. The minimum Gasteiger partial charge on any atom is -0.321 e. The first-order valence-corrected chi connectivity index (χ1v) is 7.35. The van der Waals surface area contributed by atoms with E-state index < -0.39 is 0 Å². The van der Waals surface area contributed by atoms with Crippen LogP contribution in [0.1, 0.15) is 51.3 Å². The Morgan fingerprint density at radius 1 is 1.33 bits per heavy atom. The standard InChI is InChI=1S/C14H26N4/c1-3-4-12-5-7-13(8-6-12)15-10-9-14-17-16-11-18(14)2/h11-13,15H,3-10H2,1-2H3. The Kier molecular flexibility index (Phi) is 5.17. The van der Waals surface area contributed by atoms with E-state index in [9.17, 15) is 0 Å². The molecule has 0 aliphatic heterocycles. The Bertz CT molecular complexity index is 339. The van der Waals surface area contributed by atoms with Gasteiger partial charge in [-0.3, -0.25) is 0 Å². The third-order valence-electron chi connectivity index (χ3n) is 4.13. The number of hydrogen-bond acceptors (Lipinski definition) is 3. The molecule has 0 aromatic carbocycles. The highest BCUT2D eigenvalue weighted by molar-refractivity contribution is 4.86. The molecule has 0 saturated heterocycles. The van der Waals surface area contributed by atoms with E-state index in [0.717, 1.165) is 30.7 Å². The minimum atomic E-state index is 0.728. The fourth-order valence-corrected chi connectivity index (χ4v) is 2.99. The lowest BCUT2D eigenvalue weighted by molar-refractivity contribution is 0.279. The lowest BCUT2D eigenvalue weighted by atomic mass is 9.83. The van der Waals surface area contributed by atoms with Gasteiger partial charge in [-0.15, -0.1) is 10.2 Å². The van der Waals surface area contributed by atoms with Gasteiger partial charge < -0.3 is 9.88 Å². The summed E-state index contributed by atoms with van der Waals surface area (Å²) in [6, 6.07) is 0.728. The zero-order chi connectivity index (χ0) is 12.8. The Morgan fingerprint density at radius 3 is 2.72 bits per heavy atom. The molecule has 4 nitrogen and oxygen atoms in total. The van der Waals surface area contributed by atoms with Gasteiger partial charge in [0.1, 0.15) is 12.2 Å². The molecule has 2 rings (SSSR count). The van der Waals surface area contributed by atoms with Gasteiger partial charge in [-0.05, 0) is 31.6 Å². The van der Waals surface area contributed by atoms with E-state index in [2.05, 4.69) is 22.4 Å². The van der Waals surface area contributed by atoms with Crippen molar-refractivity contribution >= 4 is 0 Å². The van der Waals surface area contributed by atoms with Crippen LogP contribution in [0.4, 0.5) is 0 Å². The molecule has 4 heteroatoms. The largest absolute Gasteiger partial charge is 0.321 e. The van der Waals surface area contributed by atoms with Crippen LogP contribution in [0.25, 0.3) is 0 Å². The number of nitrogens with zero attached hydrogens (tertiary/aromatic N) is 3. The van der Waals surface area contributed by atoms with Gasteiger partial charge in [0.25, 0.3) is 0 Å². The molecule has 1 heterocycles. The molecular weight excluding hydrogens is 224 g/mol. The Balaban J connectivity index is 1.62. The highest BCUT2D eigenvalue weighted by Crippen LogP contribution is 2.27. The summed E-state index contributed by atoms with van der Waals surface area (Å²) in [6.07, 6.45) is 11.0. The molecule has 1 aliphatic carbocycles. The van der Waals surface area contributed by atoms with Crippen LogP contribution in [-0.4, -0.2) is 27.4 Å². The summed E-state index contributed by atoms with van der Waals surface area (Å²) in [4.78, 5) is 0. The monoisotopic (exact) mass is 250 g/mol. The fourth-order valence-electron chi connectivity index (χ4n) is 2.99. The molecular formula is C14H26N4. The van der Waals surface area contributed by atoms with Crippen molar-refractivity contribution in [2.24, 2.45) is 13.0 Å². The quantitative estimate of drug-likeness (QED) is 0.842. The van der Waals surface area contributed by atoms with Crippen molar-refractivity contribution in [3.05, 3.63) is 12.2 Å². The van der Waals surface area contributed by atoms with E-state index in [4.69, 9.17) is 0 Å². The topological polar surface area (TPSA) is 42.7 Å². The molecule has 0 spiro atoms. The van der Waals surface area contributed by atoms with Crippen LogP contribution in [0.15, 0.2) is 6.33 Å². The van der Waals surface area contributed by atoms with E-state index in [0.29, 0.717) is 0 Å². The molecule has 1 saturated carbocycles. The van der Waals surface area contributed by atoms with Crippen molar-refractivity contribution in [3.63, 3.8) is 0 Å². The van der Waals surface area contributed by atoms with Gasteiger partial charge in [-0.25, -0.2) is 0 Å². The number of hydrogen-bond donors (Lipinski definition) is 1. The van der Waals surface area contributed by atoms with Crippen LogP contribution in [0.2, 0.25) is 0 Å². The van der Waals surface area contributed by atoms with Gasteiger partial charge in [0.15, 0.2) is 0 Å². The maximum Gasteiger partial charge on any atom is 0.133 e. The van der Waals surface area contributed by atoms with E-state index in [1.54, 1.807) is 6.33 Å². The van der Waals surface area contributed by atoms with Gasteiger partial charge >= 0.3 is 0 Å². The highest BCUT2D eigenvalue weighted by Gasteiger charge is 2.19. The number of aromatic nitrogens is 3. The van der Waals surface area contributed by atoms with Crippen molar-refractivity contribution in [2.75, 3.05) is 6.54 Å². The highest BCUT2D eigenvalue weighted by atomic mass is 15.2. The van der Waals surface area contributed by atoms with Crippen LogP contribution in [-0.2, 0) is 13.5 Å². The predicted octanol–water partition coefficient (Wildman–Crippen LogP) is 2.31. The summed E-state index contributed by atoms with van der Waals surface area (Å²) < 4.78 is 2.00. The van der Waals surface area contributed by atoms with Gasteiger partial charge in [0, 0.05) is 26.1 Å². The normalized spacial score (nSPS) is 24.3. The van der Waals surface area contributed by atoms with Crippen LogP contribution >= 0.6 is 0 Å². The van der Waals surface area contributed by atoms with E-state index in [-0.39, 0.29) is 0 Å². The van der Waals surface area contributed by atoms with Gasteiger partial charge in [0.2, 0.25) is 0 Å². The summed E-state index contributed by atoms with van der Waals surface area (Å²) in [5.41, 5.74) is 0. The zero-order valence-corrected chi connectivity index (χ0v) is 11.7. The number of aryl methyl sites for hydroxylation is 1. The first kappa shape index (κ1) is 13.5. The Morgan fingerprint density at radius 2 is 2.11 bits per heavy atom. The molecule has 18 heavy (non-hydrogen) atoms. The molecule has 0 amide bonds. The van der Waals surface area contributed by atoms with E-state index in [1.807, 2.05) is 11.6 Å². The van der Waals surface area contributed by atoms with Crippen molar-refractivity contribution < 1.29 is 0 Å². The summed E-state index contributed by atoms with van der Waals surface area (Å²) in [6.45, 7) is 3.32.